The quantitative estimate of drug-likeness (QED) is 0.576. The molecule has 28 heavy (non-hydrogen) atoms. The van der Waals surface area contributed by atoms with E-state index in [0.717, 1.165) is 6.07 Å². The van der Waals surface area contributed by atoms with Crippen molar-refractivity contribution in [3.63, 3.8) is 0 Å². The second-order valence-corrected chi connectivity index (χ2v) is 6.56. The van der Waals surface area contributed by atoms with Crippen molar-refractivity contribution in [1.29, 1.82) is 0 Å². The van der Waals surface area contributed by atoms with Crippen LogP contribution in [0, 0.1) is 18.6 Å². The lowest BCUT2D eigenvalue weighted by molar-refractivity contribution is -0.116. The Kier molecular flexibility index (Phi) is 3.48. The fourth-order valence-electron chi connectivity index (χ4n) is 3.59. The summed E-state index contributed by atoms with van der Waals surface area (Å²) in [5.41, 5.74) is 2.12. The Hall–Kier alpha value is -3.69. The van der Waals surface area contributed by atoms with Crippen LogP contribution in [0.3, 0.4) is 0 Å². The van der Waals surface area contributed by atoms with Crippen molar-refractivity contribution in [3.05, 3.63) is 65.1 Å². The van der Waals surface area contributed by atoms with Gasteiger partial charge in [0.25, 0.3) is 0 Å². The molecule has 5 rings (SSSR count). The predicted molar refractivity (Wildman–Crippen MR) is 94.1 cm³/mol. The van der Waals surface area contributed by atoms with E-state index in [1.54, 1.807) is 19.1 Å². The number of carbonyl (C=O) groups excluding carboxylic acids is 1. The van der Waals surface area contributed by atoms with Gasteiger partial charge in [-0.15, -0.1) is 15.3 Å². The molecule has 0 unspecified atom stereocenters. The molecule has 1 amide bonds. The molecule has 10 heteroatoms. The number of carbonyl (C=O) groups is 1. The second-order valence-electron chi connectivity index (χ2n) is 6.56. The number of halogens is 2. The van der Waals surface area contributed by atoms with Crippen LogP contribution in [0.1, 0.15) is 29.2 Å². The molecule has 140 valence electrons. The van der Waals surface area contributed by atoms with Gasteiger partial charge in [-0.3, -0.25) is 4.79 Å². The van der Waals surface area contributed by atoms with Crippen LogP contribution in [0.5, 0.6) is 0 Å². The van der Waals surface area contributed by atoms with Crippen molar-refractivity contribution < 1.29 is 13.6 Å². The van der Waals surface area contributed by atoms with Crippen molar-refractivity contribution in [2.24, 2.45) is 0 Å². The Labute approximate surface area is 156 Å². The molecule has 4 aromatic rings. The monoisotopic (exact) mass is 381 g/mol. The molecule has 0 radical (unpaired) electrons. The van der Waals surface area contributed by atoms with Gasteiger partial charge in [0.1, 0.15) is 23.8 Å². The Morgan fingerprint density at radius 1 is 1.18 bits per heavy atom. The maximum absolute atomic E-state index is 14.4. The molecule has 3 aromatic heterocycles. The van der Waals surface area contributed by atoms with Crippen LogP contribution in [-0.4, -0.2) is 35.5 Å². The van der Waals surface area contributed by atoms with E-state index in [2.05, 4.69) is 25.7 Å². The highest BCUT2D eigenvalue weighted by Crippen LogP contribution is 2.40. The van der Waals surface area contributed by atoms with Gasteiger partial charge in [0.15, 0.2) is 11.5 Å². The SMILES string of the molecule is Cc1nn(-c2ccc3nncn3n2)c2c1[C@@H](c1ccc(F)cc1F)CC(=O)N2. The first-order valence-electron chi connectivity index (χ1n) is 8.53. The minimum absolute atomic E-state index is 0.0417. The molecule has 0 fully saturated rings. The van der Waals surface area contributed by atoms with Crippen LogP contribution in [0.25, 0.3) is 11.5 Å². The summed E-state index contributed by atoms with van der Waals surface area (Å²) in [5.74, 6) is -1.36. The van der Waals surface area contributed by atoms with Gasteiger partial charge in [0, 0.05) is 24.0 Å². The Bertz CT molecular complexity index is 1250. The fraction of sp³-hybridized carbons (Fsp3) is 0.167. The van der Waals surface area contributed by atoms with Gasteiger partial charge < -0.3 is 5.32 Å². The first-order valence-corrected chi connectivity index (χ1v) is 8.53. The van der Waals surface area contributed by atoms with Crippen molar-refractivity contribution >= 4 is 17.4 Å². The maximum atomic E-state index is 14.4. The number of aromatic nitrogens is 6. The van der Waals surface area contributed by atoms with Gasteiger partial charge in [-0.25, -0.2) is 8.78 Å². The van der Waals surface area contributed by atoms with Crippen LogP contribution in [-0.2, 0) is 4.79 Å². The zero-order valence-electron chi connectivity index (χ0n) is 14.6. The molecule has 0 saturated heterocycles. The van der Waals surface area contributed by atoms with Gasteiger partial charge in [-0.05, 0) is 30.7 Å². The van der Waals surface area contributed by atoms with Gasteiger partial charge in [-0.1, -0.05) is 6.07 Å². The van der Waals surface area contributed by atoms with Crippen molar-refractivity contribution in [2.75, 3.05) is 5.32 Å². The van der Waals surface area contributed by atoms with E-state index < -0.39 is 17.6 Å². The maximum Gasteiger partial charge on any atom is 0.226 e. The molecule has 4 heterocycles. The topological polar surface area (TPSA) is 90.0 Å². The lowest BCUT2D eigenvalue weighted by atomic mass is 9.85. The summed E-state index contributed by atoms with van der Waals surface area (Å²) in [4.78, 5) is 12.4. The number of nitrogens with one attached hydrogen (secondary N) is 1. The van der Waals surface area contributed by atoms with E-state index in [1.807, 2.05) is 0 Å². The van der Waals surface area contributed by atoms with E-state index in [4.69, 9.17) is 0 Å². The average molecular weight is 381 g/mol. The predicted octanol–water partition coefficient (Wildman–Crippen LogP) is 2.37. The summed E-state index contributed by atoms with van der Waals surface area (Å²) in [6.45, 7) is 1.78. The van der Waals surface area contributed by atoms with Gasteiger partial charge in [0.2, 0.25) is 5.91 Å². The van der Waals surface area contributed by atoms with E-state index in [1.165, 1.54) is 27.7 Å². The Balaban J connectivity index is 1.69. The fourth-order valence-corrected chi connectivity index (χ4v) is 3.59. The summed E-state index contributed by atoms with van der Waals surface area (Å²) in [6, 6.07) is 6.80. The lowest BCUT2D eigenvalue weighted by Crippen LogP contribution is -2.25. The lowest BCUT2D eigenvalue weighted by Gasteiger charge is -2.24. The summed E-state index contributed by atoms with van der Waals surface area (Å²) in [5, 5.41) is 19.4. The summed E-state index contributed by atoms with van der Waals surface area (Å²) in [6.07, 6.45) is 1.50. The highest BCUT2D eigenvalue weighted by Gasteiger charge is 2.34. The molecule has 8 nitrogen and oxygen atoms in total. The minimum Gasteiger partial charge on any atom is -0.310 e. The van der Waals surface area contributed by atoms with E-state index in [-0.39, 0.29) is 17.9 Å². The molecule has 0 bridgehead atoms. The highest BCUT2D eigenvalue weighted by atomic mass is 19.1. The molecule has 1 aromatic carbocycles. The average Bonchev–Trinajstić information content (AvgIpc) is 3.25. The van der Waals surface area contributed by atoms with Crippen molar-refractivity contribution in [3.8, 4) is 5.82 Å². The van der Waals surface area contributed by atoms with Crippen LogP contribution in [0.15, 0.2) is 36.7 Å². The highest BCUT2D eigenvalue weighted by molar-refractivity contribution is 5.95. The third-order valence-corrected chi connectivity index (χ3v) is 4.81. The second kappa shape index (κ2) is 5.91. The molecule has 0 saturated carbocycles. The van der Waals surface area contributed by atoms with E-state index in [0.29, 0.717) is 28.5 Å². The first kappa shape index (κ1) is 16.5. The number of anilines is 1. The number of nitrogens with zero attached hydrogens (tertiary/aromatic N) is 6. The zero-order chi connectivity index (χ0) is 19.4. The first-order chi connectivity index (χ1) is 13.5. The third kappa shape index (κ3) is 2.45. The molecule has 1 aliphatic heterocycles. The van der Waals surface area contributed by atoms with Crippen LogP contribution in [0.2, 0.25) is 0 Å². The number of fused-ring (bicyclic) bond motifs is 2. The largest absolute Gasteiger partial charge is 0.310 e. The third-order valence-electron chi connectivity index (χ3n) is 4.81. The number of rotatable bonds is 2. The number of aryl methyl sites for hydroxylation is 1. The van der Waals surface area contributed by atoms with Crippen LogP contribution < -0.4 is 5.32 Å². The van der Waals surface area contributed by atoms with Gasteiger partial charge in [-0.2, -0.15) is 14.3 Å². The molecule has 1 N–H and O–H groups in total. The standard InChI is InChI=1S/C18H13F2N7O/c1-9-17-12(11-3-2-10(19)6-13(11)20)7-16(28)22-18(17)27(24-9)15-5-4-14-23-21-8-26(14)25-15/h2-6,8,12H,7H2,1H3,(H,22,28)/t12-/m1/s1. The number of amides is 1. The molecule has 0 spiro atoms. The molecular formula is C18H13F2N7O. The number of benzene rings is 1. The number of hydrogen-bond acceptors (Lipinski definition) is 5. The summed E-state index contributed by atoms with van der Waals surface area (Å²) in [7, 11) is 0. The van der Waals surface area contributed by atoms with Crippen molar-refractivity contribution in [2.45, 2.75) is 19.3 Å². The Morgan fingerprint density at radius 3 is 2.86 bits per heavy atom. The van der Waals surface area contributed by atoms with Gasteiger partial charge >= 0.3 is 0 Å². The normalized spacial score (nSPS) is 16.2. The van der Waals surface area contributed by atoms with Crippen LogP contribution >= 0.6 is 0 Å². The smallest absolute Gasteiger partial charge is 0.226 e. The molecule has 1 atom stereocenters. The van der Waals surface area contributed by atoms with Crippen molar-refractivity contribution in [1.82, 2.24) is 29.6 Å². The number of hydrogen-bond donors (Lipinski definition) is 1. The van der Waals surface area contributed by atoms with E-state index in [9.17, 15) is 13.6 Å². The summed E-state index contributed by atoms with van der Waals surface area (Å²) >= 11 is 0. The molecule has 1 aliphatic rings. The minimum atomic E-state index is -0.693. The van der Waals surface area contributed by atoms with E-state index >= 15 is 0 Å². The van der Waals surface area contributed by atoms with Crippen LogP contribution in [0.4, 0.5) is 14.6 Å². The molecule has 0 aliphatic carbocycles. The molecular weight excluding hydrogens is 368 g/mol. The van der Waals surface area contributed by atoms with Gasteiger partial charge in [0.05, 0.1) is 5.69 Å². The summed E-state index contributed by atoms with van der Waals surface area (Å²) < 4.78 is 30.7. The Morgan fingerprint density at radius 2 is 2.04 bits per heavy atom. The zero-order valence-corrected chi connectivity index (χ0v) is 14.6.